The fourth-order valence-corrected chi connectivity index (χ4v) is 3.47. The van der Waals surface area contributed by atoms with E-state index in [0.717, 1.165) is 11.3 Å². The molecule has 1 aliphatic heterocycles. The van der Waals surface area contributed by atoms with Gasteiger partial charge in [-0.3, -0.25) is 10.1 Å². The average molecular weight is 389 g/mol. The number of nitrogens with one attached hydrogen (secondary N) is 1. The Kier molecular flexibility index (Phi) is 4.40. The summed E-state index contributed by atoms with van der Waals surface area (Å²) in [5.74, 6) is 1.53. The van der Waals surface area contributed by atoms with Crippen LogP contribution in [0.15, 0.2) is 41.8 Å². The molecular weight excluding hydrogens is 376 g/mol. The number of nitrogens with zero attached hydrogens (tertiary/aromatic N) is 1. The van der Waals surface area contributed by atoms with Crippen LogP contribution < -0.4 is 19.5 Å². The first-order chi connectivity index (χ1) is 12.6. The zero-order valence-corrected chi connectivity index (χ0v) is 15.2. The molecule has 3 aromatic rings. The van der Waals surface area contributed by atoms with Crippen molar-refractivity contribution in [2.45, 2.75) is 0 Å². The predicted molar refractivity (Wildman–Crippen MR) is 99.6 cm³/mol. The molecule has 0 unspecified atom stereocenters. The van der Waals surface area contributed by atoms with Gasteiger partial charge in [-0.1, -0.05) is 11.6 Å². The largest absolute Gasteiger partial charge is 0.495 e. The molecule has 0 saturated carbocycles. The molecule has 1 amide bonds. The molecule has 0 radical (unpaired) electrons. The molecule has 4 rings (SSSR count). The van der Waals surface area contributed by atoms with Gasteiger partial charge >= 0.3 is 0 Å². The molecule has 6 nitrogen and oxygen atoms in total. The number of halogens is 1. The van der Waals surface area contributed by atoms with E-state index >= 15 is 0 Å². The molecule has 0 spiro atoms. The molecular formula is C18H13ClN2O4S. The number of benzene rings is 2. The van der Waals surface area contributed by atoms with E-state index in [1.807, 2.05) is 11.4 Å². The Balaban J connectivity index is 1.51. The number of rotatable bonds is 4. The number of carbonyl (C=O) groups is 1. The normalized spacial score (nSPS) is 12.1. The van der Waals surface area contributed by atoms with Gasteiger partial charge < -0.3 is 14.2 Å². The topological polar surface area (TPSA) is 69.7 Å². The lowest BCUT2D eigenvalue weighted by Crippen LogP contribution is -2.11. The molecule has 0 saturated heterocycles. The number of fused-ring (bicyclic) bond motifs is 1. The molecule has 2 aromatic carbocycles. The van der Waals surface area contributed by atoms with E-state index in [0.29, 0.717) is 33.0 Å². The highest BCUT2D eigenvalue weighted by atomic mass is 35.5. The maximum Gasteiger partial charge on any atom is 0.257 e. The highest BCUT2D eigenvalue weighted by molar-refractivity contribution is 7.14. The standard InChI is InChI=1S/C18H13ClN2O4S/c1-23-14-4-2-10(6-12(14)19)13-8-26-18(20-13)21-17(22)11-3-5-15-16(7-11)25-9-24-15/h2-8H,9H2,1H3,(H,20,21,22). The number of hydrogen-bond donors (Lipinski definition) is 1. The molecule has 1 aliphatic rings. The van der Waals surface area contributed by atoms with Crippen molar-refractivity contribution in [3.8, 4) is 28.5 Å². The Bertz CT molecular complexity index is 989. The van der Waals surface area contributed by atoms with Gasteiger partial charge in [-0.15, -0.1) is 11.3 Å². The summed E-state index contributed by atoms with van der Waals surface area (Å²) in [6.45, 7) is 0.167. The summed E-state index contributed by atoms with van der Waals surface area (Å²) in [5.41, 5.74) is 2.04. The van der Waals surface area contributed by atoms with Gasteiger partial charge in [0, 0.05) is 16.5 Å². The van der Waals surface area contributed by atoms with Gasteiger partial charge in [0.2, 0.25) is 6.79 Å². The second kappa shape index (κ2) is 6.86. The summed E-state index contributed by atoms with van der Waals surface area (Å²) in [5, 5.41) is 5.64. The average Bonchev–Trinajstić information content (AvgIpc) is 3.30. The van der Waals surface area contributed by atoms with Crippen LogP contribution in [0, 0.1) is 0 Å². The van der Waals surface area contributed by atoms with Crippen LogP contribution >= 0.6 is 22.9 Å². The van der Waals surface area contributed by atoms with E-state index in [9.17, 15) is 4.79 Å². The minimum Gasteiger partial charge on any atom is -0.495 e. The zero-order valence-electron chi connectivity index (χ0n) is 13.6. The SMILES string of the molecule is COc1ccc(-c2csc(NC(=O)c3ccc4c(c3)OCO4)n2)cc1Cl. The molecule has 2 heterocycles. The van der Waals surface area contributed by atoms with E-state index in [-0.39, 0.29) is 12.7 Å². The van der Waals surface area contributed by atoms with Gasteiger partial charge in [-0.05, 0) is 36.4 Å². The number of hydrogen-bond acceptors (Lipinski definition) is 6. The first-order valence-corrected chi connectivity index (χ1v) is 8.90. The Labute approximate surface area is 158 Å². The van der Waals surface area contributed by atoms with Crippen LogP contribution in [-0.4, -0.2) is 24.8 Å². The van der Waals surface area contributed by atoms with Crippen molar-refractivity contribution in [2.24, 2.45) is 0 Å². The van der Waals surface area contributed by atoms with E-state index in [2.05, 4.69) is 10.3 Å². The number of amides is 1. The van der Waals surface area contributed by atoms with E-state index < -0.39 is 0 Å². The number of methoxy groups -OCH3 is 1. The summed E-state index contributed by atoms with van der Waals surface area (Å²) in [7, 11) is 1.56. The van der Waals surface area contributed by atoms with Crippen molar-refractivity contribution in [3.63, 3.8) is 0 Å². The highest BCUT2D eigenvalue weighted by Gasteiger charge is 2.17. The molecule has 0 bridgehead atoms. The highest BCUT2D eigenvalue weighted by Crippen LogP contribution is 2.34. The maximum atomic E-state index is 12.4. The Morgan fingerprint density at radius 3 is 2.88 bits per heavy atom. The predicted octanol–water partition coefficient (Wildman–Crippen LogP) is 4.45. The molecule has 0 atom stereocenters. The third-order valence-electron chi connectivity index (χ3n) is 3.81. The third-order valence-corrected chi connectivity index (χ3v) is 4.86. The van der Waals surface area contributed by atoms with Crippen molar-refractivity contribution in [2.75, 3.05) is 19.2 Å². The summed E-state index contributed by atoms with van der Waals surface area (Å²) in [4.78, 5) is 16.9. The molecule has 0 fully saturated rings. The quantitative estimate of drug-likeness (QED) is 0.714. The number of aromatic nitrogens is 1. The van der Waals surface area contributed by atoms with Gasteiger partial charge in [-0.2, -0.15) is 0 Å². The van der Waals surface area contributed by atoms with Gasteiger partial charge in [0.1, 0.15) is 5.75 Å². The lowest BCUT2D eigenvalue weighted by molar-refractivity contribution is 0.102. The van der Waals surface area contributed by atoms with Crippen LogP contribution in [0.4, 0.5) is 5.13 Å². The Morgan fingerprint density at radius 2 is 2.08 bits per heavy atom. The van der Waals surface area contributed by atoms with Gasteiger partial charge in [0.05, 0.1) is 17.8 Å². The lowest BCUT2D eigenvalue weighted by Gasteiger charge is -2.04. The second-order valence-electron chi connectivity index (χ2n) is 5.41. The summed E-state index contributed by atoms with van der Waals surface area (Å²) in [6, 6.07) is 10.5. The molecule has 132 valence electrons. The first kappa shape index (κ1) is 16.7. The maximum absolute atomic E-state index is 12.4. The minimum absolute atomic E-state index is 0.167. The monoisotopic (exact) mass is 388 g/mol. The summed E-state index contributed by atoms with van der Waals surface area (Å²) < 4.78 is 15.7. The van der Waals surface area contributed by atoms with Crippen LogP contribution in [-0.2, 0) is 0 Å². The number of thiazole rings is 1. The van der Waals surface area contributed by atoms with E-state index in [4.69, 9.17) is 25.8 Å². The minimum atomic E-state index is -0.267. The Hall–Kier alpha value is -2.77. The molecule has 8 heteroatoms. The zero-order chi connectivity index (χ0) is 18.1. The molecule has 1 N–H and O–H groups in total. The van der Waals surface area contributed by atoms with Crippen molar-refractivity contribution >= 4 is 34.0 Å². The van der Waals surface area contributed by atoms with E-state index in [1.54, 1.807) is 37.4 Å². The fraction of sp³-hybridized carbons (Fsp3) is 0.111. The molecule has 1 aromatic heterocycles. The number of carbonyl (C=O) groups excluding carboxylic acids is 1. The van der Waals surface area contributed by atoms with Crippen molar-refractivity contribution in [1.82, 2.24) is 4.98 Å². The lowest BCUT2D eigenvalue weighted by atomic mass is 10.2. The summed E-state index contributed by atoms with van der Waals surface area (Å²) >= 11 is 7.49. The molecule has 0 aliphatic carbocycles. The smallest absolute Gasteiger partial charge is 0.257 e. The summed E-state index contributed by atoms with van der Waals surface area (Å²) in [6.07, 6.45) is 0. The van der Waals surface area contributed by atoms with Crippen molar-refractivity contribution in [3.05, 3.63) is 52.4 Å². The van der Waals surface area contributed by atoms with Crippen LogP contribution in [0.25, 0.3) is 11.3 Å². The van der Waals surface area contributed by atoms with Crippen LogP contribution in [0.5, 0.6) is 17.2 Å². The first-order valence-electron chi connectivity index (χ1n) is 7.64. The van der Waals surface area contributed by atoms with Crippen molar-refractivity contribution in [1.29, 1.82) is 0 Å². The van der Waals surface area contributed by atoms with Gasteiger partial charge in [-0.25, -0.2) is 4.98 Å². The van der Waals surface area contributed by atoms with Gasteiger partial charge in [0.15, 0.2) is 16.6 Å². The van der Waals surface area contributed by atoms with Crippen LogP contribution in [0.2, 0.25) is 5.02 Å². The van der Waals surface area contributed by atoms with Crippen LogP contribution in [0.1, 0.15) is 10.4 Å². The Morgan fingerprint density at radius 1 is 1.23 bits per heavy atom. The second-order valence-corrected chi connectivity index (χ2v) is 6.67. The van der Waals surface area contributed by atoms with Gasteiger partial charge in [0.25, 0.3) is 5.91 Å². The third kappa shape index (κ3) is 3.18. The van der Waals surface area contributed by atoms with Crippen LogP contribution in [0.3, 0.4) is 0 Å². The van der Waals surface area contributed by atoms with Crippen molar-refractivity contribution < 1.29 is 19.0 Å². The molecule has 26 heavy (non-hydrogen) atoms. The number of ether oxygens (including phenoxy) is 3. The van der Waals surface area contributed by atoms with E-state index in [1.165, 1.54) is 11.3 Å². The number of anilines is 1. The fourth-order valence-electron chi connectivity index (χ4n) is 2.50.